The summed E-state index contributed by atoms with van der Waals surface area (Å²) in [7, 11) is 0. The van der Waals surface area contributed by atoms with E-state index in [1.54, 1.807) is 18.6 Å². The molecule has 2 aromatic heterocycles. The Kier molecular flexibility index (Phi) is 5.16. The maximum Gasteiger partial charge on any atom is 0.255 e. The summed E-state index contributed by atoms with van der Waals surface area (Å²) in [4.78, 5) is 16.4. The number of nitrogens with zero attached hydrogens (tertiary/aromatic N) is 3. The lowest BCUT2D eigenvalue weighted by Gasteiger charge is -2.18. The molecule has 0 aliphatic carbocycles. The number of amides is 1. The van der Waals surface area contributed by atoms with E-state index >= 15 is 0 Å². The fourth-order valence-corrected chi connectivity index (χ4v) is 2.67. The van der Waals surface area contributed by atoms with Crippen molar-refractivity contribution in [3.8, 4) is 0 Å². The third kappa shape index (κ3) is 4.57. The number of aromatic nitrogens is 3. The highest BCUT2D eigenvalue weighted by Crippen LogP contribution is 2.22. The predicted octanol–water partition coefficient (Wildman–Crippen LogP) is 4.07. The fraction of sp³-hybridized carbons (Fsp3) is 0.286. The van der Waals surface area contributed by atoms with Gasteiger partial charge in [-0.05, 0) is 47.2 Å². The number of aryl methyl sites for hydroxylation is 2. The zero-order valence-electron chi connectivity index (χ0n) is 15.4. The number of rotatable bonds is 5. The van der Waals surface area contributed by atoms with Gasteiger partial charge in [0, 0.05) is 30.7 Å². The smallest absolute Gasteiger partial charge is 0.255 e. The lowest BCUT2D eigenvalue weighted by molar-refractivity contribution is 0.102. The molecule has 134 valence electrons. The van der Waals surface area contributed by atoms with Crippen molar-refractivity contribution >= 4 is 11.6 Å². The maximum absolute atomic E-state index is 12.4. The quantitative estimate of drug-likeness (QED) is 0.756. The van der Waals surface area contributed by atoms with E-state index < -0.39 is 0 Å². The molecule has 3 rings (SSSR count). The van der Waals surface area contributed by atoms with Gasteiger partial charge in [-0.3, -0.25) is 14.5 Å². The number of carbonyl (C=O) groups is 1. The summed E-state index contributed by atoms with van der Waals surface area (Å²) in [5.74, 6) is -0.126. The number of hydrogen-bond acceptors (Lipinski definition) is 3. The van der Waals surface area contributed by atoms with E-state index in [1.807, 2.05) is 47.3 Å². The van der Waals surface area contributed by atoms with Crippen LogP contribution in [0.25, 0.3) is 0 Å². The van der Waals surface area contributed by atoms with Crippen LogP contribution in [0.1, 0.15) is 42.3 Å². The highest BCUT2D eigenvalue weighted by atomic mass is 16.1. The third-order valence-corrected chi connectivity index (χ3v) is 4.28. The minimum Gasteiger partial charge on any atom is -0.319 e. The van der Waals surface area contributed by atoms with Crippen LogP contribution in [-0.2, 0) is 18.4 Å². The van der Waals surface area contributed by atoms with Gasteiger partial charge in [0.25, 0.3) is 5.91 Å². The number of pyridine rings is 1. The molecule has 0 aliphatic heterocycles. The first-order valence-corrected chi connectivity index (χ1v) is 8.75. The van der Waals surface area contributed by atoms with E-state index in [2.05, 4.69) is 36.2 Å². The molecule has 0 fully saturated rings. The van der Waals surface area contributed by atoms with Crippen LogP contribution in [0.4, 0.5) is 5.69 Å². The molecule has 1 aromatic carbocycles. The molecule has 3 aromatic rings. The summed E-state index contributed by atoms with van der Waals surface area (Å²) in [6.07, 6.45) is 7.96. The van der Waals surface area contributed by atoms with Gasteiger partial charge in [-0.25, -0.2) is 0 Å². The van der Waals surface area contributed by atoms with E-state index in [0.29, 0.717) is 11.3 Å². The Balaban J connectivity index is 1.59. The number of anilines is 1. The summed E-state index contributed by atoms with van der Waals surface area (Å²) in [6, 6.07) is 11.7. The Hall–Kier alpha value is -2.95. The van der Waals surface area contributed by atoms with Crippen LogP contribution in [0.3, 0.4) is 0 Å². The average Bonchev–Trinajstić information content (AvgIpc) is 3.07. The number of benzene rings is 1. The largest absolute Gasteiger partial charge is 0.319 e. The van der Waals surface area contributed by atoms with Crippen molar-refractivity contribution in [2.24, 2.45) is 0 Å². The van der Waals surface area contributed by atoms with Crippen LogP contribution >= 0.6 is 0 Å². The normalized spacial score (nSPS) is 11.3. The van der Waals surface area contributed by atoms with Crippen LogP contribution in [0.15, 0.2) is 61.2 Å². The van der Waals surface area contributed by atoms with E-state index in [4.69, 9.17) is 0 Å². The third-order valence-electron chi connectivity index (χ3n) is 4.28. The van der Waals surface area contributed by atoms with Crippen LogP contribution in [0.5, 0.6) is 0 Å². The molecule has 1 amide bonds. The first-order valence-electron chi connectivity index (χ1n) is 8.75. The summed E-state index contributed by atoms with van der Waals surface area (Å²) in [6.45, 7) is 7.22. The Bertz CT molecular complexity index is 861. The Morgan fingerprint density at radius 2 is 1.77 bits per heavy atom. The Labute approximate surface area is 154 Å². The highest BCUT2D eigenvalue weighted by molar-refractivity contribution is 6.04. The Morgan fingerprint density at radius 1 is 1.08 bits per heavy atom. The zero-order valence-corrected chi connectivity index (χ0v) is 15.4. The van der Waals surface area contributed by atoms with Gasteiger partial charge in [-0.2, -0.15) is 5.10 Å². The molecule has 0 saturated heterocycles. The molecule has 0 unspecified atom stereocenters. The minimum absolute atomic E-state index is 0.0744. The highest BCUT2D eigenvalue weighted by Gasteiger charge is 2.14. The second-order valence-corrected chi connectivity index (χ2v) is 7.38. The molecule has 0 saturated carbocycles. The van der Waals surface area contributed by atoms with Crippen LogP contribution in [0, 0.1) is 0 Å². The molecule has 5 nitrogen and oxygen atoms in total. The Morgan fingerprint density at radius 3 is 2.42 bits per heavy atom. The molecule has 5 heteroatoms. The summed E-state index contributed by atoms with van der Waals surface area (Å²) in [5, 5.41) is 7.21. The molecular weight excluding hydrogens is 324 g/mol. The first-order chi connectivity index (χ1) is 12.4. The molecule has 0 aliphatic rings. The van der Waals surface area contributed by atoms with Crippen LogP contribution < -0.4 is 5.32 Å². The van der Waals surface area contributed by atoms with Crippen molar-refractivity contribution in [2.75, 3.05) is 5.32 Å². The molecular formula is C21H24N4O. The standard InChI is InChI=1S/C21H24N4O/c1-21(2,3)18-6-4-17(5-7-18)20(26)24-19-14-23-25(15-19)13-10-16-8-11-22-12-9-16/h4-9,11-12,14-15H,10,13H2,1-3H3,(H,24,26). The second-order valence-electron chi connectivity index (χ2n) is 7.38. The van der Waals surface area contributed by atoms with E-state index in [0.717, 1.165) is 13.0 Å². The molecule has 0 radical (unpaired) electrons. The maximum atomic E-state index is 12.4. The van der Waals surface area contributed by atoms with Gasteiger partial charge in [0.2, 0.25) is 0 Å². The van der Waals surface area contributed by atoms with Crippen molar-refractivity contribution in [1.29, 1.82) is 0 Å². The van der Waals surface area contributed by atoms with Crippen molar-refractivity contribution in [2.45, 2.75) is 39.2 Å². The summed E-state index contributed by atoms with van der Waals surface area (Å²) in [5.41, 5.74) is 3.83. The van der Waals surface area contributed by atoms with Crippen molar-refractivity contribution < 1.29 is 4.79 Å². The van der Waals surface area contributed by atoms with Gasteiger partial charge in [0.15, 0.2) is 0 Å². The van der Waals surface area contributed by atoms with E-state index in [-0.39, 0.29) is 11.3 Å². The molecule has 0 spiro atoms. The molecule has 0 atom stereocenters. The fourth-order valence-electron chi connectivity index (χ4n) is 2.67. The van der Waals surface area contributed by atoms with Gasteiger partial charge in [0.1, 0.15) is 0 Å². The van der Waals surface area contributed by atoms with E-state index in [9.17, 15) is 4.79 Å². The van der Waals surface area contributed by atoms with Crippen molar-refractivity contribution in [3.63, 3.8) is 0 Å². The summed E-state index contributed by atoms with van der Waals surface area (Å²) < 4.78 is 1.83. The number of hydrogen-bond donors (Lipinski definition) is 1. The van der Waals surface area contributed by atoms with E-state index in [1.165, 1.54) is 11.1 Å². The van der Waals surface area contributed by atoms with Crippen LogP contribution in [-0.4, -0.2) is 20.7 Å². The monoisotopic (exact) mass is 348 g/mol. The predicted molar refractivity (Wildman–Crippen MR) is 103 cm³/mol. The SMILES string of the molecule is CC(C)(C)c1ccc(C(=O)Nc2cnn(CCc3ccncc3)c2)cc1. The van der Waals surface area contributed by atoms with Crippen LogP contribution in [0.2, 0.25) is 0 Å². The zero-order chi connectivity index (χ0) is 18.6. The molecule has 1 N–H and O–H groups in total. The number of nitrogens with one attached hydrogen (secondary N) is 1. The van der Waals surface area contributed by atoms with Gasteiger partial charge in [-0.15, -0.1) is 0 Å². The lowest BCUT2D eigenvalue weighted by atomic mass is 9.87. The van der Waals surface area contributed by atoms with Crippen molar-refractivity contribution in [1.82, 2.24) is 14.8 Å². The second kappa shape index (κ2) is 7.52. The molecule has 26 heavy (non-hydrogen) atoms. The van der Waals surface area contributed by atoms with Gasteiger partial charge in [-0.1, -0.05) is 32.9 Å². The topological polar surface area (TPSA) is 59.8 Å². The molecule has 2 heterocycles. The lowest BCUT2D eigenvalue weighted by Crippen LogP contribution is -2.14. The van der Waals surface area contributed by atoms with Gasteiger partial charge in [0.05, 0.1) is 11.9 Å². The van der Waals surface area contributed by atoms with Crippen molar-refractivity contribution in [3.05, 3.63) is 77.9 Å². The first kappa shape index (κ1) is 17.9. The number of carbonyl (C=O) groups excluding carboxylic acids is 1. The molecule has 0 bridgehead atoms. The minimum atomic E-state index is -0.126. The average molecular weight is 348 g/mol. The van der Waals surface area contributed by atoms with Gasteiger partial charge < -0.3 is 5.32 Å². The van der Waals surface area contributed by atoms with Gasteiger partial charge >= 0.3 is 0 Å². The summed E-state index contributed by atoms with van der Waals surface area (Å²) >= 11 is 0.